The number of carbonyl (C=O) groups is 2. The molecule has 2 rings (SSSR count). The molecule has 1 aliphatic heterocycles. The third-order valence-electron chi connectivity index (χ3n) is 4.30. The molecular formula is C15H25N5O2. The molecule has 1 atom stereocenters. The van der Waals surface area contributed by atoms with Crippen molar-refractivity contribution in [3.8, 4) is 0 Å². The van der Waals surface area contributed by atoms with Crippen molar-refractivity contribution in [2.45, 2.75) is 25.3 Å². The second kappa shape index (κ2) is 6.91. The summed E-state index contributed by atoms with van der Waals surface area (Å²) in [5.41, 5.74) is 6.13. The summed E-state index contributed by atoms with van der Waals surface area (Å²) < 4.78 is 1.88. The van der Waals surface area contributed by atoms with E-state index in [9.17, 15) is 9.59 Å². The van der Waals surface area contributed by atoms with Crippen molar-refractivity contribution in [2.24, 2.45) is 18.7 Å². The SMILES string of the molecule is CN(C)C(C(=O)N1CCC(CC(N)=O)CC1)c1cncn1C. The molecule has 0 bridgehead atoms. The van der Waals surface area contributed by atoms with Crippen LogP contribution in [0, 0.1) is 5.92 Å². The summed E-state index contributed by atoms with van der Waals surface area (Å²) >= 11 is 0. The van der Waals surface area contributed by atoms with Crippen molar-refractivity contribution in [3.63, 3.8) is 0 Å². The van der Waals surface area contributed by atoms with Gasteiger partial charge in [0.15, 0.2) is 0 Å². The number of aryl methyl sites for hydroxylation is 1. The van der Waals surface area contributed by atoms with E-state index < -0.39 is 0 Å². The van der Waals surface area contributed by atoms with Crippen LogP contribution in [0.25, 0.3) is 0 Å². The van der Waals surface area contributed by atoms with E-state index in [1.54, 1.807) is 12.5 Å². The van der Waals surface area contributed by atoms with Crippen LogP contribution in [0.5, 0.6) is 0 Å². The quantitative estimate of drug-likeness (QED) is 0.838. The molecule has 0 aliphatic carbocycles. The van der Waals surface area contributed by atoms with Gasteiger partial charge in [-0.1, -0.05) is 0 Å². The van der Waals surface area contributed by atoms with Gasteiger partial charge in [-0.2, -0.15) is 0 Å². The predicted molar refractivity (Wildman–Crippen MR) is 82.8 cm³/mol. The van der Waals surface area contributed by atoms with E-state index in [-0.39, 0.29) is 17.9 Å². The number of hydrogen-bond acceptors (Lipinski definition) is 4. The second-order valence-electron chi connectivity index (χ2n) is 6.23. The minimum atomic E-state index is -0.333. The molecule has 0 spiro atoms. The van der Waals surface area contributed by atoms with E-state index in [1.807, 2.05) is 35.5 Å². The zero-order valence-corrected chi connectivity index (χ0v) is 13.5. The van der Waals surface area contributed by atoms with E-state index >= 15 is 0 Å². The molecule has 0 aromatic carbocycles. The fourth-order valence-corrected chi connectivity index (χ4v) is 3.06. The monoisotopic (exact) mass is 307 g/mol. The summed E-state index contributed by atoms with van der Waals surface area (Å²) in [7, 11) is 5.69. The van der Waals surface area contributed by atoms with Crippen LogP contribution in [0.4, 0.5) is 0 Å². The molecule has 122 valence electrons. The molecule has 1 unspecified atom stereocenters. The van der Waals surface area contributed by atoms with Crippen LogP contribution in [-0.2, 0) is 16.6 Å². The Bertz CT molecular complexity index is 532. The molecule has 2 N–H and O–H groups in total. The van der Waals surface area contributed by atoms with Crippen LogP contribution in [0.3, 0.4) is 0 Å². The highest BCUT2D eigenvalue weighted by molar-refractivity contribution is 5.83. The Morgan fingerprint density at radius 3 is 2.50 bits per heavy atom. The van der Waals surface area contributed by atoms with Crippen molar-refractivity contribution in [1.29, 1.82) is 0 Å². The van der Waals surface area contributed by atoms with Gasteiger partial charge in [0, 0.05) is 26.6 Å². The summed E-state index contributed by atoms with van der Waals surface area (Å²) in [6, 6.07) is -0.333. The molecule has 2 amide bonds. The number of rotatable bonds is 5. The highest BCUT2D eigenvalue weighted by Gasteiger charge is 2.32. The first-order valence-electron chi connectivity index (χ1n) is 7.60. The number of piperidine rings is 1. The number of nitrogens with two attached hydrogens (primary N) is 1. The van der Waals surface area contributed by atoms with Crippen LogP contribution < -0.4 is 5.73 Å². The maximum atomic E-state index is 12.9. The Morgan fingerprint density at radius 1 is 1.41 bits per heavy atom. The van der Waals surface area contributed by atoms with Gasteiger partial charge in [-0.15, -0.1) is 0 Å². The average molecular weight is 307 g/mol. The molecule has 7 heteroatoms. The van der Waals surface area contributed by atoms with Crippen molar-refractivity contribution in [1.82, 2.24) is 19.4 Å². The maximum Gasteiger partial charge on any atom is 0.246 e. The van der Waals surface area contributed by atoms with Crippen LogP contribution in [0.2, 0.25) is 0 Å². The van der Waals surface area contributed by atoms with E-state index in [0.717, 1.165) is 18.5 Å². The van der Waals surface area contributed by atoms with E-state index in [4.69, 9.17) is 5.73 Å². The standard InChI is InChI=1S/C15H25N5O2/c1-18(2)14(12-9-17-10-19(12)3)15(22)20-6-4-11(5-7-20)8-13(16)21/h9-11,14H,4-8H2,1-3H3,(H2,16,21). The Labute approximate surface area is 131 Å². The lowest BCUT2D eigenvalue weighted by molar-refractivity contribution is -0.138. The number of likely N-dealkylation sites (N-methyl/N-ethyl adjacent to an activating group) is 1. The van der Waals surface area contributed by atoms with Gasteiger partial charge in [-0.3, -0.25) is 14.5 Å². The van der Waals surface area contributed by atoms with Crippen LogP contribution in [0.15, 0.2) is 12.5 Å². The number of imidazole rings is 1. The van der Waals surface area contributed by atoms with Gasteiger partial charge in [-0.25, -0.2) is 4.98 Å². The normalized spacial score (nSPS) is 17.7. The first-order chi connectivity index (χ1) is 10.4. The number of hydrogen-bond donors (Lipinski definition) is 1. The number of amides is 2. The topological polar surface area (TPSA) is 84.5 Å². The van der Waals surface area contributed by atoms with Gasteiger partial charge < -0.3 is 15.2 Å². The smallest absolute Gasteiger partial charge is 0.246 e. The first-order valence-corrected chi connectivity index (χ1v) is 7.60. The number of aromatic nitrogens is 2. The molecule has 2 heterocycles. The molecule has 22 heavy (non-hydrogen) atoms. The second-order valence-corrected chi connectivity index (χ2v) is 6.23. The highest BCUT2D eigenvalue weighted by Crippen LogP contribution is 2.25. The Morgan fingerprint density at radius 2 is 2.05 bits per heavy atom. The van der Waals surface area contributed by atoms with E-state index in [2.05, 4.69) is 4.98 Å². The van der Waals surface area contributed by atoms with Gasteiger partial charge in [-0.05, 0) is 32.9 Å². The predicted octanol–water partition coefficient (Wildman–Crippen LogP) is 0.137. The summed E-state index contributed by atoms with van der Waals surface area (Å²) in [6.45, 7) is 1.36. The number of likely N-dealkylation sites (tertiary alicyclic amines) is 1. The fraction of sp³-hybridized carbons (Fsp3) is 0.667. The highest BCUT2D eigenvalue weighted by atomic mass is 16.2. The lowest BCUT2D eigenvalue weighted by Crippen LogP contribution is -2.45. The van der Waals surface area contributed by atoms with Gasteiger partial charge in [0.1, 0.15) is 6.04 Å². The molecule has 1 aromatic rings. The van der Waals surface area contributed by atoms with Gasteiger partial charge in [0.25, 0.3) is 0 Å². The summed E-state index contributed by atoms with van der Waals surface area (Å²) in [4.78, 5) is 31.8. The summed E-state index contributed by atoms with van der Waals surface area (Å²) in [6.07, 6.45) is 5.53. The molecular weight excluding hydrogens is 282 g/mol. The molecule has 1 saturated heterocycles. The van der Waals surface area contributed by atoms with Crippen molar-refractivity contribution in [3.05, 3.63) is 18.2 Å². The van der Waals surface area contributed by atoms with Gasteiger partial charge in [0.2, 0.25) is 11.8 Å². The molecule has 1 fully saturated rings. The van der Waals surface area contributed by atoms with Crippen molar-refractivity contribution < 1.29 is 9.59 Å². The Balaban J connectivity index is 2.04. The lowest BCUT2D eigenvalue weighted by atomic mass is 9.93. The van der Waals surface area contributed by atoms with Crippen LogP contribution >= 0.6 is 0 Å². The number of carbonyl (C=O) groups excluding carboxylic acids is 2. The van der Waals surface area contributed by atoms with E-state index in [1.165, 1.54) is 0 Å². The molecule has 7 nitrogen and oxygen atoms in total. The van der Waals surface area contributed by atoms with E-state index in [0.29, 0.717) is 25.4 Å². The zero-order chi connectivity index (χ0) is 16.3. The fourth-order valence-electron chi connectivity index (χ4n) is 3.06. The van der Waals surface area contributed by atoms with Crippen molar-refractivity contribution in [2.75, 3.05) is 27.2 Å². The zero-order valence-electron chi connectivity index (χ0n) is 13.5. The van der Waals surface area contributed by atoms with Gasteiger partial charge >= 0.3 is 0 Å². The Hall–Kier alpha value is -1.89. The third kappa shape index (κ3) is 3.65. The Kier molecular flexibility index (Phi) is 5.18. The maximum absolute atomic E-state index is 12.9. The minimum Gasteiger partial charge on any atom is -0.370 e. The first kappa shape index (κ1) is 16.5. The molecule has 1 aromatic heterocycles. The molecule has 1 aliphatic rings. The van der Waals surface area contributed by atoms with Crippen LogP contribution in [0.1, 0.15) is 31.0 Å². The summed E-state index contributed by atoms with van der Waals surface area (Å²) in [5.74, 6) is 0.132. The molecule has 0 radical (unpaired) electrons. The van der Waals surface area contributed by atoms with Crippen LogP contribution in [-0.4, -0.2) is 58.4 Å². The van der Waals surface area contributed by atoms with Crippen molar-refractivity contribution >= 4 is 11.8 Å². The average Bonchev–Trinajstić information content (AvgIpc) is 2.85. The number of nitrogens with zero attached hydrogens (tertiary/aromatic N) is 4. The molecule has 0 saturated carbocycles. The largest absolute Gasteiger partial charge is 0.370 e. The van der Waals surface area contributed by atoms with Gasteiger partial charge in [0.05, 0.1) is 18.2 Å². The minimum absolute atomic E-state index is 0.0890. The number of primary amides is 1. The summed E-state index contributed by atoms with van der Waals surface area (Å²) in [5, 5.41) is 0. The third-order valence-corrected chi connectivity index (χ3v) is 4.30. The lowest BCUT2D eigenvalue weighted by Gasteiger charge is -2.35.